The van der Waals surface area contributed by atoms with Crippen molar-refractivity contribution in [1.29, 1.82) is 0 Å². The van der Waals surface area contributed by atoms with Crippen molar-refractivity contribution in [3.8, 4) is 11.5 Å². The predicted molar refractivity (Wildman–Crippen MR) is 98.4 cm³/mol. The molecular weight excluding hydrogens is 350 g/mol. The number of sulfonamides is 1. The molecule has 1 heterocycles. The third kappa shape index (κ3) is 3.35. The largest absolute Gasteiger partial charge is 0.334 e. The van der Waals surface area contributed by atoms with Crippen LogP contribution >= 0.6 is 0 Å². The molecule has 0 amide bonds. The maximum Gasteiger partial charge on any atom is 0.261 e. The lowest BCUT2D eigenvalue weighted by Gasteiger charge is -2.17. The molecule has 0 spiro atoms. The van der Waals surface area contributed by atoms with Crippen molar-refractivity contribution < 1.29 is 12.9 Å². The first-order valence-electron chi connectivity index (χ1n) is 8.57. The maximum atomic E-state index is 12.7. The van der Waals surface area contributed by atoms with Gasteiger partial charge in [0.25, 0.3) is 15.9 Å². The molecule has 0 bridgehead atoms. The monoisotopic (exact) mass is 369 g/mol. The topological polar surface area (TPSA) is 85.1 Å². The minimum atomic E-state index is -3.62. The number of aromatic nitrogens is 2. The van der Waals surface area contributed by atoms with Gasteiger partial charge in [0.05, 0.1) is 4.90 Å². The van der Waals surface area contributed by atoms with Crippen molar-refractivity contribution in [2.75, 3.05) is 4.72 Å². The Hall–Kier alpha value is -2.67. The lowest BCUT2D eigenvalue weighted by molar-refractivity contribution is 0.425. The molecule has 0 saturated carbocycles. The molecule has 4 rings (SSSR count). The molecule has 134 valence electrons. The van der Waals surface area contributed by atoms with E-state index in [1.807, 2.05) is 6.07 Å². The van der Waals surface area contributed by atoms with Gasteiger partial charge in [0.1, 0.15) is 0 Å². The summed E-state index contributed by atoms with van der Waals surface area (Å²) in [5, 5.41) is 3.75. The van der Waals surface area contributed by atoms with Gasteiger partial charge in [-0.05, 0) is 80.1 Å². The number of nitrogens with one attached hydrogen (secondary N) is 1. The Bertz CT molecular complexity index is 1040. The zero-order valence-electron chi connectivity index (χ0n) is 14.4. The van der Waals surface area contributed by atoms with Crippen LogP contribution in [0.5, 0.6) is 0 Å². The van der Waals surface area contributed by atoms with Crippen molar-refractivity contribution >= 4 is 15.7 Å². The number of benzene rings is 2. The molecule has 0 saturated heterocycles. The van der Waals surface area contributed by atoms with Crippen LogP contribution in [0.25, 0.3) is 11.5 Å². The molecule has 1 N–H and O–H groups in total. The number of hydrogen-bond donors (Lipinski definition) is 1. The van der Waals surface area contributed by atoms with Crippen LogP contribution in [0.1, 0.15) is 29.8 Å². The van der Waals surface area contributed by atoms with Gasteiger partial charge in [-0.25, -0.2) is 8.42 Å². The molecule has 0 radical (unpaired) electrons. The Kier molecular flexibility index (Phi) is 4.24. The SMILES string of the molecule is Cc1noc(-c2ccc(NS(=O)(=O)c3ccc4c(c3)CCCC4)cc2)n1. The minimum Gasteiger partial charge on any atom is -0.334 e. The van der Waals surface area contributed by atoms with E-state index in [1.165, 1.54) is 12.0 Å². The molecule has 26 heavy (non-hydrogen) atoms. The van der Waals surface area contributed by atoms with E-state index in [9.17, 15) is 8.42 Å². The van der Waals surface area contributed by atoms with Gasteiger partial charge in [-0.3, -0.25) is 4.72 Å². The summed E-state index contributed by atoms with van der Waals surface area (Å²) < 4.78 is 33.1. The summed E-state index contributed by atoms with van der Waals surface area (Å²) in [7, 11) is -3.62. The fourth-order valence-electron chi connectivity index (χ4n) is 3.19. The predicted octanol–water partition coefficient (Wildman–Crippen LogP) is 3.72. The highest BCUT2D eigenvalue weighted by atomic mass is 32.2. The van der Waals surface area contributed by atoms with Gasteiger partial charge in [-0.15, -0.1) is 0 Å². The average molecular weight is 369 g/mol. The van der Waals surface area contributed by atoms with Crippen LogP contribution in [0.3, 0.4) is 0 Å². The first-order chi connectivity index (χ1) is 12.5. The summed E-state index contributed by atoms with van der Waals surface area (Å²) in [5.41, 5.74) is 3.63. The molecule has 0 unspecified atom stereocenters. The summed E-state index contributed by atoms with van der Waals surface area (Å²) >= 11 is 0. The molecule has 1 aromatic heterocycles. The number of rotatable bonds is 4. The lowest BCUT2D eigenvalue weighted by Crippen LogP contribution is -2.14. The van der Waals surface area contributed by atoms with Crippen LogP contribution in [0.4, 0.5) is 5.69 Å². The highest BCUT2D eigenvalue weighted by molar-refractivity contribution is 7.92. The van der Waals surface area contributed by atoms with Crippen LogP contribution in [-0.2, 0) is 22.9 Å². The third-order valence-electron chi connectivity index (χ3n) is 4.54. The minimum absolute atomic E-state index is 0.301. The quantitative estimate of drug-likeness (QED) is 0.757. The number of anilines is 1. The standard InChI is InChI=1S/C19H19N3O3S/c1-13-20-19(25-21-13)15-6-9-17(10-7-15)22-26(23,24)18-11-8-14-4-2-3-5-16(14)12-18/h6-12,22H,2-5H2,1H3. The van der Waals surface area contributed by atoms with E-state index >= 15 is 0 Å². The van der Waals surface area contributed by atoms with Gasteiger partial charge < -0.3 is 4.52 Å². The fraction of sp³-hybridized carbons (Fsp3) is 0.263. The molecule has 1 aliphatic carbocycles. The number of hydrogen-bond acceptors (Lipinski definition) is 5. The maximum absolute atomic E-state index is 12.7. The molecule has 0 atom stereocenters. The first-order valence-corrected chi connectivity index (χ1v) is 10.0. The Morgan fingerprint density at radius 1 is 1.00 bits per heavy atom. The molecule has 2 aromatic carbocycles. The highest BCUT2D eigenvalue weighted by Gasteiger charge is 2.18. The molecular formula is C19H19N3O3S. The summed E-state index contributed by atoms with van der Waals surface area (Å²) in [5.74, 6) is 0.962. The zero-order chi connectivity index (χ0) is 18.1. The van der Waals surface area contributed by atoms with Gasteiger partial charge in [-0.1, -0.05) is 11.2 Å². The summed E-state index contributed by atoms with van der Waals surface area (Å²) in [6.45, 7) is 1.74. The van der Waals surface area contributed by atoms with Crippen LogP contribution < -0.4 is 4.72 Å². The zero-order valence-corrected chi connectivity index (χ0v) is 15.2. The normalized spacial score (nSPS) is 14.0. The second kappa shape index (κ2) is 6.57. The average Bonchev–Trinajstić information content (AvgIpc) is 3.08. The van der Waals surface area contributed by atoms with Crippen molar-refractivity contribution in [3.63, 3.8) is 0 Å². The van der Waals surface area contributed by atoms with Crippen molar-refractivity contribution in [1.82, 2.24) is 10.1 Å². The smallest absolute Gasteiger partial charge is 0.261 e. The van der Waals surface area contributed by atoms with E-state index in [2.05, 4.69) is 14.9 Å². The fourth-order valence-corrected chi connectivity index (χ4v) is 4.30. The molecule has 0 fully saturated rings. The van der Waals surface area contributed by atoms with E-state index in [1.54, 1.807) is 43.3 Å². The number of fused-ring (bicyclic) bond motifs is 1. The van der Waals surface area contributed by atoms with Gasteiger partial charge in [-0.2, -0.15) is 4.98 Å². The van der Waals surface area contributed by atoms with E-state index < -0.39 is 10.0 Å². The van der Waals surface area contributed by atoms with Gasteiger partial charge in [0, 0.05) is 11.3 Å². The van der Waals surface area contributed by atoms with Crippen LogP contribution in [0.15, 0.2) is 51.9 Å². The summed E-state index contributed by atoms with van der Waals surface area (Å²) in [6, 6.07) is 12.3. The Balaban J connectivity index is 1.56. The summed E-state index contributed by atoms with van der Waals surface area (Å²) in [4.78, 5) is 4.46. The molecule has 1 aliphatic rings. The van der Waals surface area contributed by atoms with Crippen molar-refractivity contribution in [3.05, 3.63) is 59.4 Å². The Morgan fingerprint density at radius 3 is 2.42 bits per heavy atom. The molecule has 0 aliphatic heterocycles. The molecule has 3 aromatic rings. The van der Waals surface area contributed by atoms with Crippen LogP contribution in [0.2, 0.25) is 0 Å². The van der Waals surface area contributed by atoms with Gasteiger partial charge >= 0.3 is 0 Å². The molecule has 6 nitrogen and oxygen atoms in total. The second-order valence-corrected chi connectivity index (χ2v) is 8.15. The van der Waals surface area contributed by atoms with Crippen LogP contribution in [-0.4, -0.2) is 18.6 Å². The van der Waals surface area contributed by atoms with Gasteiger partial charge in [0.15, 0.2) is 5.82 Å². The van der Waals surface area contributed by atoms with E-state index in [0.717, 1.165) is 30.4 Å². The van der Waals surface area contributed by atoms with E-state index in [4.69, 9.17) is 4.52 Å². The number of aryl methyl sites for hydroxylation is 3. The Labute approximate surface area is 152 Å². The summed E-state index contributed by atoms with van der Waals surface area (Å²) in [6.07, 6.45) is 4.25. The number of nitrogens with zero attached hydrogens (tertiary/aromatic N) is 2. The van der Waals surface area contributed by atoms with Crippen molar-refractivity contribution in [2.45, 2.75) is 37.5 Å². The Morgan fingerprint density at radius 2 is 1.73 bits per heavy atom. The van der Waals surface area contributed by atoms with Gasteiger partial charge in [0.2, 0.25) is 0 Å². The van der Waals surface area contributed by atoms with Crippen molar-refractivity contribution in [2.24, 2.45) is 0 Å². The van der Waals surface area contributed by atoms with E-state index in [0.29, 0.717) is 22.3 Å². The highest BCUT2D eigenvalue weighted by Crippen LogP contribution is 2.26. The van der Waals surface area contributed by atoms with E-state index in [-0.39, 0.29) is 0 Å². The first kappa shape index (κ1) is 16.8. The lowest BCUT2D eigenvalue weighted by atomic mass is 9.92. The third-order valence-corrected chi connectivity index (χ3v) is 5.92. The second-order valence-electron chi connectivity index (χ2n) is 6.47. The van der Waals surface area contributed by atoms with Crippen LogP contribution in [0, 0.1) is 6.92 Å². The molecule has 7 heteroatoms.